The minimum Gasteiger partial charge on any atom is -0.321 e. The van der Waals surface area contributed by atoms with E-state index in [1.807, 2.05) is 20.8 Å². The van der Waals surface area contributed by atoms with E-state index in [1.165, 1.54) is 21.9 Å². The molecule has 1 saturated heterocycles. The van der Waals surface area contributed by atoms with Crippen LogP contribution in [0.5, 0.6) is 0 Å². The largest absolute Gasteiger partial charge is 0.321 e. The van der Waals surface area contributed by atoms with Crippen molar-refractivity contribution < 1.29 is 23.8 Å². The molecule has 24 heavy (non-hydrogen) atoms. The molecule has 0 saturated carbocycles. The summed E-state index contributed by atoms with van der Waals surface area (Å²) in [5, 5.41) is 2.79. The highest BCUT2D eigenvalue weighted by molar-refractivity contribution is 5.91. The van der Waals surface area contributed by atoms with Crippen molar-refractivity contribution in [3.05, 3.63) is 30.1 Å². The number of amides is 1. The van der Waals surface area contributed by atoms with Gasteiger partial charge in [0.15, 0.2) is 12.3 Å². The molecule has 6 heteroatoms. The molecule has 0 spiro atoms. The Morgan fingerprint density at radius 1 is 1.00 bits per heavy atom. The predicted octanol–water partition coefficient (Wildman–Crippen LogP) is -0.837. The summed E-state index contributed by atoms with van der Waals surface area (Å²) in [5.74, 6) is -0.0941. The molecule has 0 aromatic heterocycles. The number of anilines is 1. The summed E-state index contributed by atoms with van der Waals surface area (Å²) in [6, 6.07) is 5.78. The zero-order valence-electron chi connectivity index (χ0n) is 14.7. The van der Waals surface area contributed by atoms with Gasteiger partial charge >= 0.3 is 0 Å². The number of rotatable bonds is 5. The molecule has 1 aliphatic rings. The lowest BCUT2D eigenvalue weighted by Crippen LogP contribution is -3.28. The molecule has 1 heterocycles. The maximum absolute atomic E-state index is 12.9. The quantitative estimate of drug-likeness (QED) is 0.657. The number of hydrogen-bond donors (Lipinski definition) is 3. The molecular weight excluding hydrogens is 309 g/mol. The van der Waals surface area contributed by atoms with E-state index in [0.29, 0.717) is 18.8 Å². The Morgan fingerprint density at radius 2 is 1.50 bits per heavy atom. The van der Waals surface area contributed by atoms with Crippen molar-refractivity contribution in [1.82, 2.24) is 0 Å². The number of hydrogen-bond acceptors (Lipinski definition) is 2. The van der Waals surface area contributed by atoms with Crippen LogP contribution < -0.4 is 15.1 Å². The smallest absolute Gasteiger partial charge is 0.279 e. The first-order chi connectivity index (χ1) is 11.2. The average Bonchev–Trinajstić information content (AvgIpc) is 2.50. The van der Waals surface area contributed by atoms with Crippen LogP contribution in [-0.4, -0.2) is 51.0 Å². The summed E-state index contributed by atoms with van der Waals surface area (Å²) < 4.78 is 12.9. The lowest BCUT2D eigenvalue weighted by Gasteiger charge is -2.30. The second kappa shape index (κ2) is 7.85. The van der Waals surface area contributed by atoms with E-state index in [9.17, 15) is 14.0 Å². The third kappa shape index (κ3) is 5.69. The monoisotopic (exact) mass is 337 g/mol. The van der Waals surface area contributed by atoms with Gasteiger partial charge in [-0.05, 0) is 24.3 Å². The van der Waals surface area contributed by atoms with Crippen LogP contribution >= 0.6 is 0 Å². The fourth-order valence-corrected chi connectivity index (χ4v) is 2.77. The van der Waals surface area contributed by atoms with Crippen molar-refractivity contribution in [3.63, 3.8) is 0 Å². The van der Waals surface area contributed by atoms with Gasteiger partial charge < -0.3 is 15.1 Å². The Morgan fingerprint density at radius 3 is 2.00 bits per heavy atom. The molecule has 1 fully saturated rings. The van der Waals surface area contributed by atoms with E-state index in [2.05, 4.69) is 5.32 Å². The third-order valence-electron chi connectivity index (χ3n) is 4.45. The van der Waals surface area contributed by atoms with Crippen LogP contribution in [0.1, 0.15) is 20.8 Å². The second-order valence-corrected chi connectivity index (χ2v) is 7.58. The molecule has 0 radical (unpaired) electrons. The molecule has 1 aromatic carbocycles. The third-order valence-corrected chi connectivity index (χ3v) is 4.45. The Labute approximate surface area is 142 Å². The standard InChI is InChI=1S/C18H26FN3O2/c1-18(2,3)16(23)12-21-8-10-22(11-9-21)13-17(24)20-15-6-4-14(19)5-7-15/h4-7H,8-13H2,1-3H3,(H,20,24)/p+2. The van der Waals surface area contributed by atoms with Crippen LogP contribution in [0.2, 0.25) is 0 Å². The van der Waals surface area contributed by atoms with Crippen LogP contribution in [0.3, 0.4) is 0 Å². The topological polar surface area (TPSA) is 55.1 Å². The highest BCUT2D eigenvalue weighted by atomic mass is 19.1. The zero-order valence-corrected chi connectivity index (χ0v) is 14.7. The molecule has 3 N–H and O–H groups in total. The van der Waals surface area contributed by atoms with E-state index in [4.69, 9.17) is 0 Å². The van der Waals surface area contributed by atoms with Gasteiger partial charge in [0.1, 0.15) is 38.5 Å². The molecule has 0 aliphatic carbocycles. The minimum atomic E-state index is -0.317. The van der Waals surface area contributed by atoms with E-state index < -0.39 is 0 Å². The van der Waals surface area contributed by atoms with Crippen molar-refractivity contribution in [2.75, 3.05) is 44.6 Å². The number of halogens is 1. The molecular formula is C18H28FN3O2+2. The number of ketones is 1. The molecule has 1 aliphatic heterocycles. The molecule has 132 valence electrons. The van der Waals surface area contributed by atoms with E-state index >= 15 is 0 Å². The number of piperazine rings is 1. The van der Waals surface area contributed by atoms with Gasteiger partial charge in [0, 0.05) is 11.1 Å². The molecule has 0 bridgehead atoms. The summed E-state index contributed by atoms with van der Waals surface area (Å²) in [7, 11) is 0. The molecule has 5 nitrogen and oxygen atoms in total. The van der Waals surface area contributed by atoms with Gasteiger partial charge in [-0.1, -0.05) is 20.8 Å². The number of quaternary nitrogens is 2. The van der Waals surface area contributed by atoms with Crippen molar-refractivity contribution >= 4 is 17.4 Å². The lowest BCUT2D eigenvalue weighted by molar-refractivity contribution is -1.00. The minimum absolute atomic E-state index is 0.0640. The number of nitrogens with one attached hydrogen (secondary N) is 3. The van der Waals surface area contributed by atoms with Crippen LogP contribution in [0, 0.1) is 11.2 Å². The summed E-state index contributed by atoms with van der Waals surface area (Å²) >= 11 is 0. The van der Waals surface area contributed by atoms with Crippen LogP contribution in [0.15, 0.2) is 24.3 Å². The summed E-state index contributed by atoms with van der Waals surface area (Å²) in [6.45, 7) is 10.4. The molecule has 2 rings (SSSR count). The first-order valence-corrected chi connectivity index (χ1v) is 8.50. The molecule has 0 atom stereocenters. The first-order valence-electron chi connectivity index (χ1n) is 8.50. The maximum Gasteiger partial charge on any atom is 0.279 e. The van der Waals surface area contributed by atoms with Crippen molar-refractivity contribution in [1.29, 1.82) is 0 Å². The van der Waals surface area contributed by atoms with Crippen LogP contribution in [0.4, 0.5) is 10.1 Å². The van der Waals surface area contributed by atoms with Gasteiger partial charge in [-0.3, -0.25) is 9.59 Å². The Bertz CT molecular complexity index is 573. The van der Waals surface area contributed by atoms with Gasteiger partial charge in [-0.2, -0.15) is 0 Å². The summed E-state index contributed by atoms with van der Waals surface area (Å²) in [5.41, 5.74) is 0.326. The summed E-state index contributed by atoms with van der Waals surface area (Å²) in [4.78, 5) is 26.7. The maximum atomic E-state index is 12.9. The number of carbonyl (C=O) groups is 2. The van der Waals surface area contributed by atoms with Gasteiger partial charge in [0.25, 0.3) is 5.91 Å². The van der Waals surface area contributed by atoms with Crippen molar-refractivity contribution in [2.24, 2.45) is 5.41 Å². The SMILES string of the molecule is CC(C)(C)C(=O)C[NH+]1CC[NH+](CC(=O)Nc2ccc(F)cc2)CC1. The molecule has 1 amide bonds. The molecule has 1 aromatic rings. The normalized spacial score (nSPS) is 21.3. The van der Waals surface area contributed by atoms with Gasteiger partial charge in [-0.25, -0.2) is 4.39 Å². The number of carbonyl (C=O) groups excluding carboxylic acids is 2. The van der Waals surface area contributed by atoms with Gasteiger partial charge in [0.05, 0.1) is 0 Å². The Balaban J connectivity index is 1.73. The fourth-order valence-electron chi connectivity index (χ4n) is 2.77. The van der Waals surface area contributed by atoms with Crippen molar-refractivity contribution in [3.8, 4) is 0 Å². The highest BCUT2D eigenvalue weighted by Crippen LogP contribution is 2.12. The number of benzene rings is 1. The highest BCUT2D eigenvalue weighted by Gasteiger charge is 2.30. The Kier molecular flexibility index (Phi) is 6.07. The summed E-state index contributed by atoms with van der Waals surface area (Å²) in [6.07, 6.45) is 0. The lowest BCUT2D eigenvalue weighted by atomic mass is 9.90. The van der Waals surface area contributed by atoms with E-state index in [1.54, 1.807) is 12.1 Å². The first kappa shape index (κ1) is 18.5. The van der Waals surface area contributed by atoms with Crippen molar-refractivity contribution in [2.45, 2.75) is 20.8 Å². The van der Waals surface area contributed by atoms with Gasteiger partial charge in [0.2, 0.25) is 0 Å². The van der Waals surface area contributed by atoms with Gasteiger partial charge in [-0.15, -0.1) is 0 Å². The Hall–Kier alpha value is -1.79. The van der Waals surface area contributed by atoms with E-state index in [0.717, 1.165) is 26.2 Å². The zero-order chi connectivity index (χ0) is 17.7. The van der Waals surface area contributed by atoms with Crippen LogP contribution in [-0.2, 0) is 9.59 Å². The van der Waals surface area contributed by atoms with E-state index in [-0.39, 0.29) is 22.9 Å². The second-order valence-electron chi connectivity index (χ2n) is 7.58. The predicted molar refractivity (Wildman–Crippen MR) is 90.6 cm³/mol. The van der Waals surface area contributed by atoms with Crippen LogP contribution in [0.25, 0.3) is 0 Å². The fraction of sp³-hybridized carbons (Fsp3) is 0.556. The average molecular weight is 337 g/mol. The number of Topliss-reactive ketones (excluding diaryl/α,β-unsaturated/α-hetero) is 1. The molecule has 0 unspecified atom stereocenters.